The lowest BCUT2D eigenvalue weighted by Gasteiger charge is -2.17. The summed E-state index contributed by atoms with van der Waals surface area (Å²) in [4.78, 5) is 17.4. The summed E-state index contributed by atoms with van der Waals surface area (Å²) < 4.78 is 16.8. The summed E-state index contributed by atoms with van der Waals surface area (Å²) in [6, 6.07) is 10.9. The lowest BCUT2D eigenvalue weighted by molar-refractivity contribution is -0.115. The van der Waals surface area contributed by atoms with Crippen LogP contribution in [0.1, 0.15) is 32.8 Å². The maximum absolute atomic E-state index is 12.4. The molecule has 1 amide bonds. The quantitative estimate of drug-likeness (QED) is 0.503. The number of nitrogens with zero attached hydrogens (tertiary/aromatic N) is 1. The molecule has 2 aromatic carbocycles. The third-order valence-electron chi connectivity index (χ3n) is 4.47. The van der Waals surface area contributed by atoms with E-state index in [1.54, 1.807) is 25.3 Å². The molecule has 1 aliphatic rings. The molecular formula is C23H25ClN2O4S. The number of carbonyl (C=O) groups is 1. The number of hydrogen-bond donors (Lipinski definition) is 1. The first-order chi connectivity index (χ1) is 14.9. The van der Waals surface area contributed by atoms with Crippen LogP contribution in [0.3, 0.4) is 0 Å². The van der Waals surface area contributed by atoms with Crippen molar-refractivity contribution in [1.29, 1.82) is 0 Å². The van der Waals surface area contributed by atoms with Gasteiger partial charge in [0.15, 0.2) is 16.7 Å². The number of carbonyl (C=O) groups excluding carboxylic acids is 1. The van der Waals surface area contributed by atoms with E-state index in [0.29, 0.717) is 33.2 Å². The molecule has 31 heavy (non-hydrogen) atoms. The Labute approximate surface area is 191 Å². The molecule has 1 saturated heterocycles. The highest BCUT2D eigenvalue weighted by molar-refractivity contribution is 8.18. The number of hydrogen-bond acceptors (Lipinski definition) is 6. The number of ether oxygens (including phenoxy) is 3. The maximum Gasteiger partial charge on any atom is 0.264 e. The Morgan fingerprint density at radius 3 is 2.61 bits per heavy atom. The highest BCUT2D eigenvalue weighted by atomic mass is 35.5. The Kier molecular flexibility index (Phi) is 7.87. The first-order valence-electron chi connectivity index (χ1n) is 10.00. The molecular weight excluding hydrogens is 436 g/mol. The van der Waals surface area contributed by atoms with Crippen molar-refractivity contribution >= 4 is 46.2 Å². The average Bonchev–Trinajstić information content (AvgIpc) is 3.09. The number of thioether (sulfide) groups is 1. The molecule has 8 heteroatoms. The van der Waals surface area contributed by atoms with Gasteiger partial charge in [-0.2, -0.15) is 0 Å². The van der Waals surface area contributed by atoms with Crippen LogP contribution in [0.4, 0.5) is 5.69 Å². The zero-order chi connectivity index (χ0) is 22.4. The van der Waals surface area contributed by atoms with Crippen LogP contribution in [0.2, 0.25) is 5.02 Å². The minimum Gasteiger partial charge on any atom is -0.494 e. The molecule has 1 N–H and O–H groups in total. The number of halogens is 1. The van der Waals surface area contributed by atoms with E-state index in [1.165, 1.54) is 11.8 Å². The predicted octanol–water partition coefficient (Wildman–Crippen LogP) is 5.82. The molecule has 1 heterocycles. The molecule has 3 rings (SSSR count). The fraction of sp³-hybridized carbons (Fsp3) is 0.304. The van der Waals surface area contributed by atoms with Crippen LogP contribution in [0.15, 0.2) is 46.3 Å². The van der Waals surface area contributed by atoms with Crippen LogP contribution < -0.4 is 19.5 Å². The normalized spacial score (nSPS) is 17.0. The van der Waals surface area contributed by atoms with Crippen molar-refractivity contribution in [3.63, 3.8) is 0 Å². The second kappa shape index (κ2) is 10.6. The molecule has 6 nitrogen and oxygen atoms in total. The number of aliphatic imine (C=N–C) groups is 1. The van der Waals surface area contributed by atoms with E-state index in [0.717, 1.165) is 23.4 Å². The van der Waals surface area contributed by atoms with E-state index in [9.17, 15) is 4.79 Å². The lowest BCUT2D eigenvalue weighted by Crippen LogP contribution is -2.19. The monoisotopic (exact) mass is 460 g/mol. The predicted molar refractivity (Wildman–Crippen MR) is 127 cm³/mol. The molecule has 0 bridgehead atoms. The fourth-order valence-electron chi connectivity index (χ4n) is 2.75. The van der Waals surface area contributed by atoms with E-state index < -0.39 is 0 Å². The zero-order valence-electron chi connectivity index (χ0n) is 17.9. The molecule has 0 radical (unpaired) electrons. The van der Waals surface area contributed by atoms with Crippen molar-refractivity contribution < 1.29 is 19.0 Å². The van der Waals surface area contributed by atoms with Gasteiger partial charge in [0.25, 0.3) is 5.91 Å². The summed E-state index contributed by atoms with van der Waals surface area (Å²) in [7, 11) is 1.56. The van der Waals surface area contributed by atoms with Crippen molar-refractivity contribution in [3.8, 4) is 17.2 Å². The van der Waals surface area contributed by atoms with Crippen molar-refractivity contribution in [1.82, 2.24) is 5.32 Å². The van der Waals surface area contributed by atoms with Crippen molar-refractivity contribution in [2.75, 3.05) is 13.7 Å². The van der Waals surface area contributed by atoms with E-state index in [1.807, 2.05) is 45.0 Å². The number of amides is 1. The SMILES string of the molecule is CCOc1ccc(N=C2NC(=O)/C(=C\c3cc(Cl)c(O[C@H](C)CC)c(OC)c3)S2)cc1. The van der Waals surface area contributed by atoms with Gasteiger partial charge in [-0.05, 0) is 80.1 Å². The van der Waals surface area contributed by atoms with Crippen LogP contribution in [0, 0.1) is 0 Å². The van der Waals surface area contributed by atoms with Gasteiger partial charge in [0.1, 0.15) is 5.75 Å². The first kappa shape index (κ1) is 23.0. The molecule has 0 spiro atoms. The highest BCUT2D eigenvalue weighted by Gasteiger charge is 2.24. The number of methoxy groups -OCH3 is 1. The Morgan fingerprint density at radius 1 is 1.23 bits per heavy atom. The van der Waals surface area contributed by atoms with Crippen LogP contribution in [-0.2, 0) is 4.79 Å². The van der Waals surface area contributed by atoms with Crippen molar-refractivity contribution in [2.45, 2.75) is 33.3 Å². The van der Waals surface area contributed by atoms with Gasteiger partial charge in [0, 0.05) is 0 Å². The van der Waals surface area contributed by atoms with Gasteiger partial charge in [-0.3, -0.25) is 4.79 Å². The van der Waals surface area contributed by atoms with Gasteiger partial charge in [-0.1, -0.05) is 18.5 Å². The van der Waals surface area contributed by atoms with Gasteiger partial charge in [0.2, 0.25) is 0 Å². The first-order valence-corrected chi connectivity index (χ1v) is 11.2. The van der Waals surface area contributed by atoms with E-state index in [-0.39, 0.29) is 12.0 Å². The number of amidine groups is 1. The summed E-state index contributed by atoms with van der Waals surface area (Å²) >= 11 is 7.70. The lowest BCUT2D eigenvalue weighted by atomic mass is 10.1. The largest absolute Gasteiger partial charge is 0.494 e. The molecule has 164 valence electrons. The van der Waals surface area contributed by atoms with Gasteiger partial charge in [-0.25, -0.2) is 4.99 Å². The minimum atomic E-state index is -0.218. The molecule has 0 aromatic heterocycles. The minimum absolute atomic E-state index is 0.00754. The number of benzene rings is 2. The summed E-state index contributed by atoms with van der Waals surface area (Å²) in [5.41, 5.74) is 1.46. The summed E-state index contributed by atoms with van der Waals surface area (Å²) in [5, 5.41) is 3.72. The smallest absolute Gasteiger partial charge is 0.264 e. The number of rotatable bonds is 8. The Balaban J connectivity index is 1.80. The van der Waals surface area contributed by atoms with E-state index in [4.69, 9.17) is 25.8 Å². The topological polar surface area (TPSA) is 69.2 Å². The summed E-state index contributed by atoms with van der Waals surface area (Å²) in [6.07, 6.45) is 2.61. The third kappa shape index (κ3) is 5.95. The Hall–Kier alpha value is -2.64. The average molecular weight is 461 g/mol. The van der Waals surface area contributed by atoms with Crippen LogP contribution in [0.5, 0.6) is 17.2 Å². The van der Waals surface area contributed by atoms with Crippen LogP contribution >= 0.6 is 23.4 Å². The Morgan fingerprint density at radius 2 is 1.97 bits per heavy atom. The van der Waals surface area contributed by atoms with Gasteiger partial charge >= 0.3 is 0 Å². The van der Waals surface area contributed by atoms with E-state index >= 15 is 0 Å². The van der Waals surface area contributed by atoms with Gasteiger partial charge in [0.05, 0.1) is 35.4 Å². The second-order valence-corrected chi connectivity index (χ2v) is 8.22. The molecule has 0 aliphatic carbocycles. The highest BCUT2D eigenvalue weighted by Crippen LogP contribution is 2.39. The van der Waals surface area contributed by atoms with E-state index in [2.05, 4.69) is 10.3 Å². The third-order valence-corrected chi connectivity index (χ3v) is 5.66. The number of nitrogens with one attached hydrogen (secondary N) is 1. The molecule has 1 atom stereocenters. The molecule has 0 unspecified atom stereocenters. The van der Waals surface area contributed by atoms with Crippen LogP contribution in [-0.4, -0.2) is 30.9 Å². The summed E-state index contributed by atoms with van der Waals surface area (Å²) in [5.74, 6) is 1.58. The molecule has 2 aromatic rings. The van der Waals surface area contributed by atoms with Crippen molar-refractivity contribution in [3.05, 3.63) is 51.9 Å². The molecule has 0 saturated carbocycles. The van der Waals surface area contributed by atoms with Gasteiger partial charge < -0.3 is 19.5 Å². The second-order valence-electron chi connectivity index (χ2n) is 6.78. The fourth-order valence-corrected chi connectivity index (χ4v) is 3.86. The molecule has 1 fully saturated rings. The Bertz CT molecular complexity index is 1010. The zero-order valence-corrected chi connectivity index (χ0v) is 19.5. The maximum atomic E-state index is 12.4. The standard InChI is InChI=1S/C23H25ClN2O4S/c1-5-14(3)30-21-18(24)11-15(12-19(21)28-4)13-20-22(27)26-23(31-20)25-16-7-9-17(10-8-16)29-6-2/h7-14H,5-6H2,1-4H3,(H,25,26,27)/b20-13+/t14-/m1/s1. The molecule has 1 aliphatic heterocycles. The van der Waals surface area contributed by atoms with Crippen LogP contribution in [0.25, 0.3) is 6.08 Å². The van der Waals surface area contributed by atoms with Gasteiger partial charge in [-0.15, -0.1) is 0 Å². The summed E-state index contributed by atoms with van der Waals surface area (Å²) in [6.45, 7) is 6.54. The van der Waals surface area contributed by atoms with Crippen molar-refractivity contribution in [2.24, 2.45) is 4.99 Å².